The van der Waals surface area contributed by atoms with Gasteiger partial charge in [-0.2, -0.15) is 0 Å². The fourth-order valence-electron chi connectivity index (χ4n) is 2.19. The summed E-state index contributed by atoms with van der Waals surface area (Å²) in [5, 5.41) is 1.93. The molecule has 1 aliphatic rings. The lowest BCUT2D eigenvalue weighted by Crippen LogP contribution is -2.34. The zero-order valence-corrected chi connectivity index (χ0v) is 13.9. The smallest absolute Gasteiger partial charge is 0.123 e. The number of alkyl halides is 1. The SMILES string of the molecule is Fc1ccc(C(Cl)c2c(Cl)cc(N3C=NC=CN3)cc2Cl)cc1. The molecular formula is C16H11Cl3FN3. The molecular weight excluding hydrogens is 360 g/mol. The molecule has 0 radical (unpaired) electrons. The van der Waals surface area contributed by atoms with Gasteiger partial charge in [-0.25, -0.2) is 14.4 Å². The number of hydrogen-bond donors (Lipinski definition) is 1. The maximum atomic E-state index is 13.0. The average molecular weight is 371 g/mol. The van der Waals surface area contributed by atoms with Crippen molar-refractivity contribution in [1.82, 2.24) is 5.43 Å². The second-order valence-electron chi connectivity index (χ2n) is 4.82. The number of nitrogens with zero attached hydrogens (tertiary/aromatic N) is 2. The van der Waals surface area contributed by atoms with Crippen LogP contribution in [0.15, 0.2) is 53.8 Å². The van der Waals surface area contributed by atoms with Crippen LogP contribution in [0.5, 0.6) is 0 Å². The summed E-state index contributed by atoms with van der Waals surface area (Å²) in [7, 11) is 0. The van der Waals surface area contributed by atoms with Crippen molar-refractivity contribution in [3.63, 3.8) is 0 Å². The number of aliphatic imine (C=N–C) groups is 1. The Hall–Kier alpha value is -1.75. The van der Waals surface area contributed by atoms with Gasteiger partial charge >= 0.3 is 0 Å². The summed E-state index contributed by atoms with van der Waals surface area (Å²) in [6.45, 7) is 0. The number of nitrogens with one attached hydrogen (secondary N) is 1. The summed E-state index contributed by atoms with van der Waals surface area (Å²) in [6, 6.07) is 9.39. The number of anilines is 1. The average Bonchev–Trinajstić information content (AvgIpc) is 2.55. The predicted octanol–water partition coefficient (Wildman–Crippen LogP) is 5.28. The van der Waals surface area contributed by atoms with Crippen molar-refractivity contribution in [1.29, 1.82) is 0 Å². The fraction of sp³-hybridized carbons (Fsp3) is 0.0625. The zero-order chi connectivity index (χ0) is 16.4. The maximum absolute atomic E-state index is 13.0. The van der Waals surface area contributed by atoms with Gasteiger partial charge in [0, 0.05) is 28.0 Å². The summed E-state index contributed by atoms with van der Waals surface area (Å²) < 4.78 is 13.0. The number of hydrazine groups is 1. The molecule has 3 rings (SSSR count). The first-order valence-corrected chi connectivity index (χ1v) is 7.87. The Morgan fingerprint density at radius 3 is 2.30 bits per heavy atom. The monoisotopic (exact) mass is 369 g/mol. The van der Waals surface area contributed by atoms with Crippen LogP contribution in [0.25, 0.3) is 0 Å². The van der Waals surface area contributed by atoms with Crippen LogP contribution in [-0.2, 0) is 0 Å². The summed E-state index contributed by atoms with van der Waals surface area (Å²) in [4.78, 5) is 4.02. The number of rotatable bonds is 3. The van der Waals surface area contributed by atoms with Crippen molar-refractivity contribution in [2.24, 2.45) is 4.99 Å². The van der Waals surface area contributed by atoms with Crippen LogP contribution in [0.1, 0.15) is 16.5 Å². The normalized spacial score (nSPS) is 14.7. The first-order valence-electron chi connectivity index (χ1n) is 6.68. The van der Waals surface area contributed by atoms with Crippen LogP contribution in [0.2, 0.25) is 10.0 Å². The Morgan fingerprint density at radius 2 is 1.74 bits per heavy atom. The first kappa shape index (κ1) is 16.1. The van der Waals surface area contributed by atoms with Gasteiger partial charge in [-0.05, 0) is 29.8 Å². The molecule has 7 heteroatoms. The minimum Gasteiger partial charge on any atom is -0.299 e. The molecule has 1 heterocycles. The van der Waals surface area contributed by atoms with Gasteiger partial charge in [0.1, 0.15) is 12.2 Å². The van der Waals surface area contributed by atoms with Crippen LogP contribution in [-0.4, -0.2) is 6.34 Å². The van der Waals surface area contributed by atoms with Gasteiger partial charge in [0.15, 0.2) is 0 Å². The van der Waals surface area contributed by atoms with Gasteiger partial charge in [0.25, 0.3) is 0 Å². The Balaban J connectivity index is 1.95. The second kappa shape index (κ2) is 6.79. The van der Waals surface area contributed by atoms with E-state index in [0.717, 1.165) is 5.69 Å². The lowest BCUT2D eigenvalue weighted by molar-refractivity contribution is 0.627. The largest absolute Gasteiger partial charge is 0.299 e. The highest BCUT2D eigenvalue weighted by Gasteiger charge is 2.20. The van der Waals surface area contributed by atoms with E-state index >= 15 is 0 Å². The van der Waals surface area contributed by atoms with Gasteiger partial charge in [0.05, 0.1) is 11.1 Å². The molecule has 1 aliphatic heterocycles. The number of hydrogen-bond acceptors (Lipinski definition) is 3. The molecule has 23 heavy (non-hydrogen) atoms. The van der Waals surface area contributed by atoms with Gasteiger partial charge < -0.3 is 0 Å². The molecule has 3 nitrogen and oxygen atoms in total. The van der Waals surface area contributed by atoms with Crippen LogP contribution in [0, 0.1) is 5.82 Å². The van der Waals surface area contributed by atoms with Gasteiger partial charge in [-0.15, -0.1) is 11.6 Å². The summed E-state index contributed by atoms with van der Waals surface area (Å²) >= 11 is 19.2. The highest BCUT2D eigenvalue weighted by Crippen LogP contribution is 2.40. The van der Waals surface area contributed by atoms with Crippen molar-refractivity contribution in [3.05, 3.63) is 75.8 Å². The van der Waals surface area contributed by atoms with E-state index in [4.69, 9.17) is 34.8 Å². The maximum Gasteiger partial charge on any atom is 0.123 e. The lowest BCUT2D eigenvalue weighted by Gasteiger charge is -2.23. The Bertz CT molecular complexity index is 752. The summed E-state index contributed by atoms with van der Waals surface area (Å²) in [5.74, 6) is -0.325. The molecule has 0 spiro atoms. The number of halogens is 4. The molecule has 0 amide bonds. The summed E-state index contributed by atoms with van der Waals surface area (Å²) in [6.07, 6.45) is 4.90. The van der Waals surface area contributed by atoms with Crippen LogP contribution >= 0.6 is 34.8 Å². The second-order valence-corrected chi connectivity index (χ2v) is 6.07. The fourth-order valence-corrected chi connectivity index (χ4v) is 3.37. The molecule has 2 aromatic carbocycles. The van der Waals surface area contributed by atoms with Crippen LogP contribution in [0.4, 0.5) is 10.1 Å². The molecule has 0 saturated heterocycles. The molecule has 2 aromatic rings. The molecule has 0 bridgehead atoms. The van der Waals surface area contributed by atoms with E-state index in [-0.39, 0.29) is 5.82 Å². The van der Waals surface area contributed by atoms with Crippen molar-refractivity contribution in [3.8, 4) is 0 Å². The highest BCUT2D eigenvalue weighted by atomic mass is 35.5. The van der Waals surface area contributed by atoms with Crippen LogP contribution < -0.4 is 10.4 Å². The van der Waals surface area contributed by atoms with Crippen LogP contribution in [0.3, 0.4) is 0 Å². The standard InChI is InChI=1S/C16H11Cl3FN3/c17-13-7-12(23-9-21-5-6-22-23)8-14(18)15(13)16(19)10-1-3-11(20)4-2-10/h1-9,16,22H. The van der Waals surface area contributed by atoms with Crippen molar-refractivity contribution >= 4 is 46.8 Å². The third-order valence-electron chi connectivity index (χ3n) is 3.31. The van der Waals surface area contributed by atoms with Crippen molar-refractivity contribution in [2.45, 2.75) is 5.38 Å². The molecule has 1 unspecified atom stereocenters. The van der Waals surface area contributed by atoms with E-state index < -0.39 is 5.38 Å². The third kappa shape index (κ3) is 3.44. The van der Waals surface area contributed by atoms with Gasteiger partial charge in [0.2, 0.25) is 0 Å². The topological polar surface area (TPSA) is 27.6 Å². The minimum atomic E-state index is -0.576. The zero-order valence-electron chi connectivity index (χ0n) is 11.7. The molecule has 0 aliphatic carbocycles. The van der Waals surface area contributed by atoms with E-state index in [9.17, 15) is 4.39 Å². The first-order chi connectivity index (χ1) is 11.1. The van der Waals surface area contributed by atoms with Crippen molar-refractivity contribution < 1.29 is 4.39 Å². The third-order valence-corrected chi connectivity index (χ3v) is 4.41. The molecule has 0 aromatic heterocycles. The van der Waals surface area contributed by atoms with E-state index in [2.05, 4.69) is 10.4 Å². The minimum absolute atomic E-state index is 0.325. The number of benzene rings is 2. The molecule has 0 fully saturated rings. The molecule has 118 valence electrons. The Morgan fingerprint density at radius 1 is 1.09 bits per heavy atom. The highest BCUT2D eigenvalue weighted by molar-refractivity contribution is 6.38. The van der Waals surface area contributed by atoms with E-state index in [1.807, 2.05) is 0 Å². The molecule has 1 N–H and O–H groups in total. The lowest BCUT2D eigenvalue weighted by atomic mass is 10.0. The Labute approximate surface area is 148 Å². The van der Waals surface area contributed by atoms with E-state index in [1.165, 1.54) is 12.1 Å². The summed E-state index contributed by atoms with van der Waals surface area (Å²) in [5.41, 5.74) is 5.00. The van der Waals surface area contributed by atoms with Crippen molar-refractivity contribution in [2.75, 3.05) is 5.01 Å². The molecule has 0 saturated carbocycles. The van der Waals surface area contributed by atoms with Gasteiger partial charge in [-0.3, -0.25) is 5.43 Å². The van der Waals surface area contributed by atoms with Gasteiger partial charge in [-0.1, -0.05) is 35.3 Å². The predicted molar refractivity (Wildman–Crippen MR) is 93.8 cm³/mol. The molecule has 1 atom stereocenters. The quantitative estimate of drug-likeness (QED) is 0.744. The Kier molecular flexibility index (Phi) is 4.76. The van der Waals surface area contributed by atoms with E-state index in [1.54, 1.807) is 48.0 Å². The van der Waals surface area contributed by atoms with E-state index in [0.29, 0.717) is 21.2 Å².